The molecular weight excluding hydrogens is 276 g/mol. The smallest absolute Gasteiger partial charge is 0.253 e. The molecule has 4 nitrogen and oxygen atoms in total. The van der Waals surface area contributed by atoms with Crippen LogP contribution in [0.1, 0.15) is 29.8 Å². The molecule has 0 aliphatic rings. The fourth-order valence-electron chi connectivity index (χ4n) is 1.77. The number of halogens is 1. The zero-order valence-electron chi connectivity index (χ0n) is 11.9. The summed E-state index contributed by atoms with van der Waals surface area (Å²) in [6.07, 6.45) is 0. The van der Waals surface area contributed by atoms with Crippen LogP contribution in [0, 0.1) is 11.8 Å². The van der Waals surface area contributed by atoms with Crippen LogP contribution in [0.2, 0.25) is 5.02 Å². The summed E-state index contributed by atoms with van der Waals surface area (Å²) < 4.78 is 0. The number of hydrogen-bond donors (Lipinski definition) is 2. The SMILES string of the molecule is CN(CC(C)(C)O)C(=O)c1ccc(C#CCN)c(Cl)c1. The number of rotatable bonds is 3. The van der Waals surface area contributed by atoms with Gasteiger partial charge in [0, 0.05) is 24.7 Å². The fourth-order valence-corrected chi connectivity index (χ4v) is 2.00. The molecule has 0 aliphatic carbocycles. The second-order valence-electron chi connectivity index (χ2n) is 5.17. The number of likely N-dealkylation sites (N-methyl/N-ethyl adjacent to an activating group) is 1. The molecule has 0 aromatic heterocycles. The summed E-state index contributed by atoms with van der Waals surface area (Å²) in [5.74, 6) is 5.35. The molecule has 0 atom stereocenters. The van der Waals surface area contributed by atoms with Crippen molar-refractivity contribution in [2.45, 2.75) is 19.4 Å². The highest BCUT2D eigenvalue weighted by molar-refractivity contribution is 6.32. The highest BCUT2D eigenvalue weighted by Crippen LogP contribution is 2.18. The molecular formula is C15H19ClN2O2. The van der Waals surface area contributed by atoms with Gasteiger partial charge < -0.3 is 15.7 Å². The van der Waals surface area contributed by atoms with Gasteiger partial charge in [-0.05, 0) is 32.0 Å². The van der Waals surface area contributed by atoms with Crippen LogP contribution in [0.5, 0.6) is 0 Å². The van der Waals surface area contributed by atoms with E-state index in [-0.39, 0.29) is 19.0 Å². The van der Waals surface area contributed by atoms with Crippen molar-refractivity contribution in [3.8, 4) is 11.8 Å². The fraction of sp³-hybridized carbons (Fsp3) is 0.400. The Labute approximate surface area is 124 Å². The molecule has 0 bridgehead atoms. The minimum absolute atomic E-state index is 0.202. The predicted octanol–water partition coefficient (Wildman–Crippen LogP) is 1.49. The molecule has 0 saturated carbocycles. The molecule has 5 heteroatoms. The molecule has 0 fully saturated rings. The van der Waals surface area contributed by atoms with Crippen LogP contribution < -0.4 is 5.73 Å². The third kappa shape index (κ3) is 4.86. The monoisotopic (exact) mass is 294 g/mol. The van der Waals surface area contributed by atoms with E-state index in [9.17, 15) is 9.90 Å². The lowest BCUT2D eigenvalue weighted by Crippen LogP contribution is -2.39. The summed E-state index contributed by atoms with van der Waals surface area (Å²) in [4.78, 5) is 13.7. The normalized spacial score (nSPS) is 10.7. The maximum Gasteiger partial charge on any atom is 0.253 e. The van der Waals surface area contributed by atoms with Crippen molar-refractivity contribution in [2.75, 3.05) is 20.1 Å². The van der Waals surface area contributed by atoms with Crippen molar-refractivity contribution in [1.29, 1.82) is 0 Å². The van der Waals surface area contributed by atoms with Gasteiger partial charge in [0.15, 0.2) is 0 Å². The largest absolute Gasteiger partial charge is 0.389 e. The van der Waals surface area contributed by atoms with Gasteiger partial charge in [0.1, 0.15) is 0 Å². The average Bonchev–Trinajstić information content (AvgIpc) is 2.34. The zero-order chi connectivity index (χ0) is 15.3. The minimum Gasteiger partial charge on any atom is -0.389 e. The Morgan fingerprint density at radius 1 is 1.50 bits per heavy atom. The lowest BCUT2D eigenvalue weighted by Gasteiger charge is -2.25. The van der Waals surface area contributed by atoms with E-state index in [1.54, 1.807) is 39.1 Å². The maximum atomic E-state index is 12.2. The molecule has 1 rings (SSSR count). The Morgan fingerprint density at radius 2 is 2.15 bits per heavy atom. The second-order valence-corrected chi connectivity index (χ2v) is 5.58. The first-order valence-corrected chi connectivity index (χ1v) is 6.59. The van der Waals surface area contributed by atoms with Crippen LogP contribution >= 0.6 is 11.6 Å². The molecule has 1 aromatic rings. The molecule has 0 heterocycles. The molecule has 1 aromatic carbocycles. The molecule has 108 valence electrons. The summed E-state index contributed by atoms with van der Waals surface area (Å²) >= 11 is 6.08. The Bertz CT molecular complexity index is 553. The number of nitrogens with zero attached hydrogens (tertiary/aromatic N) is 1. The molecule has 0 unspecified atom stereocenters. The zero-order valence-corrected chi connectivity index (χ0v) is 12.7. The molecule has 1 amide bonds. The average molecular weight is 295 g/mol. The Morgan fingerprint density at radius 3 is 2.65 bits per heavy atom. The van der Waals surface area contributed by atoms with Crippen molar-refractivity contribution in [3.63, 3.8) is 0 Å². The summed E-state index contributed by atoms with van der Waals surface area (Å²) in [5.41, 5.74) is 5.45. The van der Waals surface area contributed by atoms with E-state index < -0.39 is 5.60 Å². The van der Waals surface area contributed by atoms with Crippen molar-refractivity contribution in [1.82, 2.24) is 4.90 Å². The third-order valence-electron chi connectivity index (χ3n) is 2.51. The van der Waals surface area contributed by atoms with Crippen LogP contribution in [-0.2, 0) is 0 Å². The lowest BCUT2D eigenvalue weighted by molar-refractivity contribution is 0.0368. The van der Waals surface area contributed by atoms with E-state index in [1.165, 1.54) is 4.90 Å². The number of carbonyl (C=O) groups excluding carboxylic acids is 1. The predicted molar refractivity (Wildman–Crippen MR) is 80.6 cm³/mol. The number of benzene rings is 1. The number of nitrogens with two attached hydrogens (primary N) is 1. The van der Waals surface area contributed by atoms with Crippen LogP contribution in [0.3, 0.4) is 0 Å². The first-order chi connectivity index (χ1) is 9.24. The first-order valence-electron chi connectivity index (χ1n) is 6.21. The van der Waals surface area contributed by atoms with Crippen molar-refractivity contribution in [2.24, 2.45) is 5.73 Å². The van der Waals surface area contributed by atoms with E-state index in [4.69, 9.17) is 17.3 Å². The highest BCUT2D eigenvalue weighted by atomic mass is 35.5. The van der Waals surface area contributed by atoms with E-state index in [1.807, 2.05) is 0 Å². The van der Waals surface area contributed by atoms with Crippen LogP contribution in [-0.4, -0.2) is 41.7 Å². The second kappa shape index (κ2) is 6.76. The van der Waals surface area contributed by atoms with Crippen molar-refractivity contribution >= 4 is 17.5 Å². The van der Waals surface area contributed by atoms with Crippen molar-refractivity contribution < 1.29 is 9.90 Å². The number of hydrogen-bond acceptors (Lipinski definition) is 3. The van der Waals surface area contributed by atoms with Crippen LogP contribution in [0.15, 0.2) is 18.2 Å². The summed E-state index contributed by atoms with van der Waals surface area (Å²) in [6.45, 7) is 3.79. The van der Waals surface area contributed by atoms with E-state index in [2.05, 4.69) is 11.8 Å². The molecule has 0 aliphatic heterocycles. The summed E-state index contributed by atoms with van der Waals surface area (Å²) in [7, 11) is 1.64. The standard InChI is InChI=1S/C15H19ClN2O2/c1-15(2,20)10-18(3)14(19)12-7-6-11(5-4-8-17)13(16)9-12/h6-7,9,20H,8,10,17H2,1-3H3. The van der Waals surface area contributed by atoms with E-state index in [0.29, 0.717) is 16.1 Å². The summed E-state index contributed by atoms with van der Waals surface area (Å²) in [6, 6.07) is 4.93. The molecule has 20 heavy (non-hydrogen) atoms. The van der Waals surface area contributed by atoms with Gasteiger partial charge in [-0.1, -0.05) is 23.4 Å². The van der Waals surface area contributed by atoms with Crippen molar-refractivity contribution in [3.05, 3.63) is 34.3 Å². The lowest BCUT2D eigenvalue weighted by atomic mass is 10.1. The van der Waals surface area contributed by atoms with E-state index in [0.717, 1.165) is 0 Å². The topological polar surface area (TPSA) is 66.6 Å². The molecule has 0 spiro atoms. The third-order valence-corrected chi connectivity index (χ3v) is 2.82. The van der Waals surface area contributed by atoms with Gasteiger partial charge in [0.2, 0.25) is 0 Å². The van der Waals surface area contributed by atoms with Gasteiger partial charge in [-0.15, -0.1) is 0 Å². The Hall–Kier alpha value is -1.54. The number of carbonyl (C=O) groups is 1. The van der Waals surface area contributed by atoms with Gasteiger partial charge in [-0.3, -0.25) is 4.79 Å². The number of amides is 1. The number of aliphatic hydroxyl groups is 1. The minimum atomic E-state index is -0.944. The van der Waals surface area contributed by atoms with Crippen LogP contribution in [0.4, 0.5) is 0 Å². The van der Waals surface area contributed by atoms with Gasteiger partial charge in [-0.2, -0.15) is 0 Å². The molecule has 0 saturated heterocycles. The van der Waals surface area contributed by atoms with Gasteiger partial charge >= 0.3 is 0 Å². The Balaban J connectivity index is 2.92. The van der Waals surface area contributed by atoms with Gasteiger partial charge in [0.05, 0.1) is 17.2 Å². The van der Waals surface area contributed by atoms with E-state index >= 15 is 0 Å². The van der Waals surface area contributed by atoms with Gasteiger partial charge in [-0.25, -0.2) is 0 Å². The Kier molecular flexibility index (Phi) is 5.58. The first kappa shape index (κ1) is 16.5. The summed E-state index contributed by atoms with van der Waals surface area (Å²) in [5, 5.41) is 10.1. The molecule has 0 radical (unpaired) electrons. The maximum absolute atomic E-state index is 12.2. The van der Waals surface area contributed by atoms with Crippen LogP contribution in [0.25, 0.3) is 0 Å². The highest BCUT2D eigenvalue weighted by Gasteiger charge is 2.20. The quantitative estimate of drug-likeness (QED) is 0.830. The molecule has 3 N–H and O–H groups in total. The van der Waals surface area contributed by atoms with Gasteiger partial charge in [0.25, 0.3) is 5.91 Å².